The maximum absolute atomic E-state index is 14.0. The molecule has 17 nitrogen and oxygen atoms in total. The molecule has 7 amide bonds. The number of aromatic nitrogens is 2. The summed E-state index contributed by atoms with van der Waals surface area (Å²) in [5.74, 6) is -2.86. The van der Waals surface area contributed by atoms with Gasteiger partial charge in [0, 0.05) is 45.4 Å². The van der Waals surface area contributed by atoms with Gasteiger partial charge in [-0.25, -0.2) is 4.79 Å². The number of imide groups is 1. The Labute approximate surface area is 384 Å². The molecule has 2 aromatic carbocycles. The number of allylic oxidation sites excluding steroid dienone is 2. The third-order valence-electron chi connectivity index (χ3n) is 13.5. The van der Waals surface area contributed by atoms with Crippen molar-refractivity contribution in [1.82, 2.24) is 34.9 Å². The van der Waals surface area contributed by atoms with Gasteiger partial charge in [0.05, 0.1) is 17.1 Å². The summed E-state index contributed by atoms with van der Waals surface area (Å²) in [7, 11) is 1.70. The van der Waals surface area contributed by atoms with Gasteiger partial charge in [-0.1, -0.05) is 80.0 Å². The van der Waals surface area contributed by atoms with Crippen molar-refractivity contribution in [3.05, 3.63) is 93.9 Å². The number of rotatable bonds is 18. The van der Waals surface area contributed by atoms with Crippen LogP contribution < -0.4 is 33.1 Å². The van der Waals surface area contributed by atoms with Crippen LogP contribution in [-0.2, 0) is 47.0 Å². The van der Waals surface area contributed by atoms with Crippen LogP contribution in [0.1, 0.15) is 120 Å². The average molecular weight is 906 g/mol. The van der Waals surface area contributed by atoms with Crippen LogP contribution in [0.4, 0.5) is 0 Å². The predicted octanol–water partition coefficient (Wildman–Crippen LogP) is 3.00. The third kappa shape index (κ3) is 11.0. The maximum atomic E-state index is 14.0. The number of nitrogens with two attached hydrogens (primary N) is 2. The molecule has 1 aliphatic carbocycles. The fourth-order valence-corrected chi connectivity index (χ4v) is 10.0. The van der Waals surface area contributed by atoms with Crippen molar-refractivity contribution < 1.29 is 33.6 Å². The Morgan fingerprint density at radius 1 is 0.864 bits per heavy atom. The number of piperidine rings is 1. The second-order valence-corrected chi connectivity index (χ2v) is 18.1. The molecule has 3 saturated heterocycles. The minimum atomic E-state index is -1.09. The number of para-hydroxylation sites is 1. The van der Waals surface area contributed by atoms with Gasteiger partial charge in [-0.3, -0.25) is 48.0 Å². The second kappa shape index (κ2) is 21.8. The molecule has 3 fully saturated rings. The standard InChI is InChI=1S/C49H63N9O8/c1-55-44-33(19-13-20-37(44)58(49(55)66)39-25-27-41(60)53-47(39)64)18-7-3-2-4-12-21-42(61)56-29-28-34-22-24-38(57(34)48(65)35(50)30-56)46(63)52-36(23-26-40(51)59)45(62)54-43(31-14-8-5-9-15-31)32-16-10-6-11-17-32/h5,8-10,13-17,19-20,34-36,38-39,43H,2-4,6-7,11-12,18,21-30,50H2,1H3,(H2,51,59)(H,52,63)(H,54,62)(H,53,60,64)/t34-,35+,36+,38+,39?,43?/m1/s1. The lowest BCUT2D eigenvalue weighted by Gasteiger charge is -2.37. The highest BCUT2D eigenvalue weighted by Gasteiger charge is 2.45. The summed E-state index contributed by atoms with van der Waals surface area (Å²) in [5.41, 5.74) is 15.9. The number of hydrogen-bond acceptors (Lipinski definition) is 9. The number of carbonyl (C=O) groups is 7. The number of unbranched alkanes of at least 4 members (excludes halogenated alkanes) is 4. The number of amides is 7. The topological polar surface area (TPSA) is 241 Å². The molecule has 0 spiro atoms. The average Bonchev–Trinajstić information content (AvgIpc) is 3.85. The van der Waals surface area contributed by atoms with Gasteiger partial charge in [0.2, 0.25) is 41.4 Å². The van der Waals surface area contributed by atoms with E-state index in [4.69, 9.17) is 11.5 Å². The fraction of sp³-hybridized carbons (Fsp3) is 0.510. The minimum Gasteiger partial charge on any atom is -0.370 e. The molecular weight excluding hydrogens is 843 g/mol. The van der Waals surface area contributed by atoms with Crippen molar-refractivity contribution in [3.63, 3.8) is 0 Å². The third-order valence-corrected chi connectivity index (χ3v) is 13.5. The Hall–Kier alpha value is -6.36. The van der Waals surface area contributed by atoms with Crippen molar-refractivity contribution in [3.8, 4) is 0 Å². The summed E-state index contributed by atoms with van der Waals surface area (Å²) in [4.78, 5) is 108. The van der Waals surface area contributed by atoms with Gasteiger partial charge >= 0.3 is 5.69 Å². The smallest absolute Gasteiger partial charge is 0.329 e. The Kier molecular flexibility index (Phi) is 15.7. The summed E-state index contributed by atoms with van der Waals surface area (Å²) in [6, 6.07) is 10.7. The zero-order valence-electron chi connectivity index (χ0n) is 37.8. The van der Waals surface area contributed by atoms with E-state index in [0.717, 1.165) is 67.2 Å². The van der Waals surface area contributed by atoms with Crippen molar-refractivity contribution in [1.29, 1.82) is 0 Å². The van der Waals surface area contributed by atoms with Crippen LogP contribution >= 0.6 is 0 Å². The normalized spacial score (nSPS) is 21.9. The molecule has 4 aliphatic rings. The number of nitrogens with zero attached hydrogens (tertiary/aromatic N) is 4. The first kappa shape index (κ1) is 47.6. The molecular formula is C49H63N9O8. The first-order chi connectivity index (χ1) is 31.8. The number of hydrogen-bond donors (Lipinski definition) is 5. The van der Waals surface area contributed by atoms with Gasteiger partial charge in [-0.05, 0) is 87.0 Å². The highest BCUT2D eigenvalue weighted by molar-refractivity contribution is 6.00. The Morgan fingerprint density at radius 3 is 2.38 bits per heavy atom. The molecule has 17 heteroatoms. The summed E-state index contributed by atoms with van der Waals surface area (Å²) < 4.78 is 3.08. The summed E-state index contributed by atoms with van der Waals surface area (Å²) >= 11 is 0. The molecule has 3 aromatic rings. The highest BCUT2D eigenvalue weighted by Crippen LogP contribution is 2.31. The van der Waals surface area contributed by atoms with Crippen LogP contribution in [0.2, 0.25) is 0 Å². The van der Waals surface area contributed by atoms with E-state index in [0.29, 0.717) is 44.2 Å². The number of aryl methyl sites for hydroxylation is 2. The quantitative estimate of drug-likeness (QED) is 0.0930. The van der Waals surface area contributed by atoms with Gasteiger partial charge in [0.15, 0.2) is 0 Å². The van der Waals surface area contributed by atoms with Gasteiger partial charge in [-0.15, -0.1) is 0 Å². The van der Waals surface area contributed by atoms with E-state index in [9.17, 15) is 38.4 Å². The van der Waals surface area contributed by atoms with E-state index in [1.54, 1.807) is 21.4 Å². The van der Waals surface area contributed by atoms with Crippen LogP contribution in [-0.4, -0.2) is 97.5 Å². The fourth-order valence-electron chi connectivity index (χ4n) is 10.0. The summed E-state index contributed by atoms with van der Waals surface area (Å²) in [6.45, 7) is 0.423. The zero-order chi connectivity index (χ0) is 46.9. The van der Waals surface area contributed by atoms with Crippen LogP contribution in [0, 0.1) is 0 Å². The van der Waals surface area contributed by atoms with Crippen LogP contribution in [0.3, 0.4) is 0 Å². The Bertz CT molecular complexity index is 2440. The van der Waals surface area contributed by atoms with Crippen LogP contribution in [0.5, 0.6) is 0 Å². The van der Waals surface area contributed by atoms with Gasteiger partial charge in [0.1, 0.15) is 24.2 Å². The lowest BCUT2D eigenvalue weighted by Crippen LogP contribution is -2.60. The number of nitrogens with one attached hydrogen (secondary N) is 3. The number of benzene rings is 2. The van der Waals surface area contributed by atoms with Crippen molar-refractivity contribution in [2.45, 2.75) is 139 Å². The van der Waals surface area contributed by atoms with E-state index >= 15 is 0 Å². The molecule has 3 aliphatic heterocycles. The predicted molar refractivity (Wildman–Crippen MR) is 247 cm³/mol. The largest absolute Gasteiger partial charge is 0.370 e. The maximum Gasteiger partial charge on any atom is 0.329 e. The second-order valence-electron chi connectivity index (χ2n) is 18.1. The Balaban J connectivity index is 0.887. The van der Waals surface area contributed by atoms with Gasteiger partial charge in [0.25, 0.3) is 0 Å². The molecule has 0 bridgehead atoms. The molecule has 352 valence electrons. The molecule has 6 atom stereocenters. The number of carbonyl (C=O) groups excluding carboxylic acids is 7. The van der Waals surface area contributed by atoms with Gasteiger partial charge in [-0.2, -0.15) is 0 Å². The van der Waals surface area contributed by atoms with Crippen LogP contribution in [0.25, 0.3) is 11.0 Å². The first-order valence-corrected chi connectivity index (χ1v) is 23.5. The molecule has 66 heavy (non-hydrogen) atoms. The monoisotopic (exact) mass is 905 g/mol. The summed E-state index contributed by atoms with van der Waals surface area (Å²) in [5, 5.41) is 8.29. The molecule has 7 N–H and O–H groups in total. The van der Waals surface area contributed by atoms with E-state index in [2.05, 4.69) is 28.1 Å². The van der Waals surface area contributed by atoms with Crippen molar-refractivity contribution in [2.24, 2.45) is 18.5 Å². The SMILES string of the molecule is Cn1c(=O)n(C2CCC(=O)NC2=O)c2cccc(CCCCCCCC(=O)N3CC[C@H]4CC[C@@H](C(=O)N[C@@H](CCC(N)=O)C(=O)NC(C5=CCCC=C5)c5ccccc5)N4C(=O)[C@@H](N)C3)c21. The van der Waals surface area contributed by atoms with Gasteiger partial charge < -0.3 is 31.9 Å². The molecule has 4 heterocycles. The lowest BCUT2D eigenvalue weighted by molar-refractivity contribution is -0.145. The van der Waals surface area contributed by atoms with Crippen LogP contribution in [0.15, 0.2) is 77.1 Å². The van der Waals surface area contributed by atoms with Crippen molar-refractivity contribution in [2.75, 3.05) is 13.1 Å². The highest BCUT2D eigenvalue weighted by atomic mass is 16.2. The minimum absolute atomic E-state index is 0.0189. The summed E-state index contributed by atoms with van der Waals surface area (Å²) in [6.07, 6.45) is 14.8. The molecule has 0 radical (unpaired) electrons. The van der Waals surface area contributed by atoms with E-state index in [1.165, 1.54) is 4.57 Å². The first-order valence-electron chi connectivity index (χ1n) is 23.5. The number of fused-ring (bicyclic) bond motifs is 2. The van der Waals surface area contributed by atoms with E-state index in [-0.39, 0.29) is 55.8 Å². The number of imidazole rings is 1. The molecule has 2 unspecified atom stereocenters. The molecule has 1 aromatic heterocycles. The number of primary amides is 1. The Morgan fingerprint density at radius 2 is 1.64 bits per heavy atom. The van der Waals surface area contributed by atoms with Crippen molar-refractivity contribution >= 4 is 52.4 Å². The zero-order valence-corrected chi connectivity index (χ0v) is 37.8. The van der Waals surface area contributed by atoms with E-state index in [1.807, 2.05) is 54.6 Å². The molecule has 0 saturated carbocycles. The lowest BCUT2D eigenvalue weighted by atomic mass is 9.93. The van der Waals surface area contributed by atoms with E-state index < -0.39 is 59.7 Å². The molecule has 7 rings (SSSR count).